The van der Waals surface area contributed by atoms with Crippen molar-refractivity contribution < 1.29 is 4.79 Å². The van der Waals surface area contributed by atoms with Gasteiger partial charge in [0.05, 0.1) is 5.56 Å². The van der Waals surface area contributed by atoms with Crippen molar-refractivity contribution in [1.29, 1.82) is 0 Å². The lowest BCUT2D eigenvalue weighted by molar-refractivity contribution is 0.101. The Bertz CT molecular complexity index is 376. The molecule has 0 aromatic carbocycles. The predicted octanol–water partition coefficient (Wildman–Crippen LogP) is 1.22. The Morgan fingerprint density at radius 3 is 2.83 bits per heavy atom. The molecule has 0 aliphatic rings. The van der Waals surface area contributed by atoms with Gasteiger partial charge in [0.25, 0.3) is 5.56 Å². The molecule has 62 valence electrons. The van der Waals surface area contributed by atoms with Crippen LogP contribution in [-0.4, -0.2) is 10.8 Å². The Kier molecular flexibility index (Phi) is 2.24. The van der Waals surface area contributed by atoms with Crippen molar-refractivity contribution >= 4 is 11.9 Å². The molecule has 0 saturated heterocycles. The third-order valence-corrected chi connectivity index (χ3v) is 1.54. The van der Waals surface area contributed by atoms with Gasteiger partial charge in [0.15, 0.2) is 5.78 Å². The minimum atomic E-state index is -0.354. The fourth-order valence-electron chi connectivity index (χ4n) is 0.880. The molecule has 1 aromatic rings. The second kappa shape index (κ2) is 3.17. The standard InChI is InChI=1S/C9H9NO2/c1-3-7-4-8(6(2)11)9(12)10-5-7/h3-5H,1H2,2H3,(H,10,12). The first-order valence-corrected chi connectivity index (χ1v) is 3.51. The lowest BCUT2D eigenvalue weighted by Gasteiger charge is -1.95. The summed E-state index contributed by atoms with van der Waals surface area (Å²) in [6.45, 7) is 4.89. The first-order valence-electron chi connectivity index (χ1n) is 3.51. The van der Waals surface area contributed by atoms with Crippen molar-refractivity contribution in [2.75, 3.05) is 0 Å². The molecule has 0 spiro atoms. The quantitative estimate of drug-likeness (QED) is 0.666. The molecule has 1 rings (SSSR count). The van der Waals surface area contributed by atoms with Crippen LogP contribution < -0.4 is 5.56 Å². The predicted molar refractivity (Wildman–Crippen MR) is 47.2 cm³/mol. The first-order chi connectivity index (χ1) is 5.65. The molecule has 0 radical (unpaired) electrons. The van der Waals surface area contributed by atoms with Gasteiger partial charge in [-0.1, -0.05) is 12.7 Å². The van der Waals surface area contributed by atoms with E-state index in [-0.39, 0.29) is 16.9 Å². The van der Waals surface area contributed by atoms with Crippen molar-refractivity contribution in [3.05, 3.63) is 40.3 Å². The average Bonchev–Trinajstić information content (AvgIpc) is 2.05. The molecule has 12 heavy (non-hydrogen) atoms. The molecule has 0 amide bonds. The lowest BCUT2D eigenvalue weighted by atomic mass is 10.1. The molecular weight excluding hydrogens is 154 g/mol. The van der Waals surface area contributed by atoms with E-state index in [4.69, 9.17) is 0 Å². The highest BCUT2D eigenvalue weighted by Crippen LogP contribution is 1.99. The number of pyridine rings is 1. The van der Waals surface area contributed by atoms with Crippen LogP contribution >= 0.6 is 0 Å². The van der Waals surface area contributed by atoms with Gasteiger partial charge in [-0.25, -0.2) is 0 Å². The van der Waals surface area contributed by atoms with Crippen LogP contribution in [0.2, 0.25) is 0 Å². The summed E-state index contributed by atoms with van der Waals surface area (Å²) in [5, 5.41) is 0. The number of hydrogen-bond acceptors (Lipinski definition) is 2. The largest absolute Gasteiger partial charge is 0.328 e. The third kappa shape index (κ3) is 1.50. The molecule has 1 heterocycles. The number of aromatic amines is 1. The normalized spacial score (nSPS) is 9.42. The monoisotopic (exact) mass is 163 g/mol. The van der Waals surface area contributed by atoms with Crippen LogP contribution in [0.4, 0.5) is 0 Å². The summed E-state index contributed by atoms with van der Waals surface area (Å²) in [5.41, 5.74) is 0.556. The van der Waals surface area contributed by atoms with E-state index >= 15 is 0 Å². The zero-order chi connectivity index (χ0) is 9.14. The summed E-state index contributed by atoms with van der Waals surface area (Å²) >= 11 is 0. The fraction of sp³-hybridized carbons (Fsp3) is 0.111. The Morgan fingerprint density at radius 2 is 2.33 bits per heavy atom. The first kappa shape index (κ1) is 8.46. The van der Waals surface area contributed by atoms with E-state index in [2.05, 4.69) is 11.6 Å². The topological polar surface area (TPSA) is 49.9 Å². The maximum Gasteiger partial charge on any atom is 0.258 e. The van der Waals surface area contributed by atoms with E-state index in [1.165, 1.54) is 19.2 Å². The molecule has 1 aromatic heterocycles. The molecule has 0 fully saturated rings. The van der Waals surface area contributed by atoms with Crippen LogP contribution in [0.3, 0.4) is 0 Å². The average molecular weight is 163 g/mol. The summed E-state index contributed by atoms with van der Waals surface area (Å²) in [6.07, 6.45) is 3.09. The third-order valence-electron chi connectivity index (χ3n) is 1.54. The Hall–Kier alpha value is -1.64. The van der Waals surface area contributed by atoms with Crippen LogP contribution in [0, 0.1) is 0 Å². The number of H-pyrrole nitrogens is 1. The number of aromatic nitrogens is 1. The highest BCUT2D eigenvalue weighted by molar-refractivity contribution is 5.94. The SMILES string of the molecule is C=Cc1c[nH]c(=O)c(C(C)=O)c1. The molecule has 0 bridgehead atoms. The number of Topliss-reactive ketones (excluding diaryl/α,β-unsaturated/α-hetero) is 1. The van der Waals surface area contributed by atoms with Gasteiger partial charge in [-0.2, -0.15) is 0 Å². The summed E-state index contributed by atoms with van der Waals surface area (Å²) in [7, 11) is 0. The zero-order valence-corrected chi connectivity index (χ0v) is 6.76. The van der Waals surface area contributed by atoms with Crippen molar-refractivity contribution in [2.45, 2.75) is 6.92 Å². The maximum atomic E-state index is 11.0. The summed E-state index contributed by atoms with van der Waals surface area (Å²) in [4.78, 5) is 24.4. The smallest absolute Gasteiger partial charge is 0.258 e. The minimum absolute atomic E-state index is 0.174. The Labute approximate surface area is 69.7 Å². The lowest BCUT2D eigenvalue weighted by Crippen LogP contribution is -2.15. The van der Waals surface area contributed by atoms with Crippen LogP contribution in [-0.2, 0) is 0 Å². The van der Waals surface area contributed by atoms with Gasteiger partial charge in [-0.15, -0.1) is 0 Å². The van der Waals surface area contributed by atoms with E-state index in [1.54, 1.807) is 6.08 Å². The number of hydrogen-bond donors (Lipinski definition) is 1. The molecule has 0 unspecified atom stereocenters. The molecule has 3 nitrogen and oxygen atoms in total. The molecule has 0 saturated carbocycles. The number of carbonyl (C=O) groups is 1. The maximum absolute atomic E-state index is 11.0. The van der Waals surface area contributed by atoms with Crippen LogP contribution in [0.1, 0.15) is 22.8 Å². The van der Waals surface area contributed by atoms with Crippen molar-refractivity contribution in [3.8, 4) is 0 Å². The van der Waals surface area contributed by atoms with E-state index in [0.717, 1.165) is 5.56 Å². The zero-order valence-electron chi connectivity index (χ0n) is 6.76. The van der Waals surface area contributed by atoms with E-state index < -0.39 is 0 Å². The summed E-state index contributed by atoms with van der Waals surface area (Å²) < 4.78 is 0. The van der Waals surface area contributed by atoms with Crippen LogP contribution in [0.15, 0.2) is 23.6 Å². The van der Waals surface area contributed by atoms with Gasteiger partial charge in [-0.05, 0) is 18.6 Å². The fourth-order valence-corrected chi connectivity index (χ4v) is 0.880. The number of rotatable bonds is 2. The van der Waals surface area contributed by atoms with Gasteiger partial charge in [0.2, 0.25) is 0 Å². The summed E-state index contributed by atoms with van der Waals surface area (Å²) in [6, 6.07) is 1.52. The van der Waals surface area contributed by atoms with Crippen molar-refractivity contribution in [2.24, 2.45) is 0 Å². The second-order valence-corrected chi connectivity index (χ2v) is 2.44. The molecule has 0 atom stereocenters. The molecule has 1 N–H and O–H groups in total. The highest BCUT2D eigenvalue weighted by atomic mass is 16.1. The van der Waals surface area contributed by atoms with Crippen molar-refractivity contribution in [1.82, 2.24) is 4.98 Å². The van der Waals surface area contributed by atoms with Gasteiger partial charge < -0.3 is 4.98 Å². The number of nitrogens with one attached hydrogen (secondary N) is 1. The van der Waals surface area contributed by atoms with E-state index in [9.17, 15) is 9.59 Å². The molecule has 0 aliphatic carbocycles. The van der Waals surface area contributed by atoms with Crippen molar-refractivity contribution in [3.63, 3.8) is 0 Å². The minimum Gasteiger partial charge on any atom is -0.328 e. The number of ketones is 1. The van der Waals surface area contributed by atoms with Crippen LogP contribution in [0.5, 0.6) is 0 Å². The molecule has 0 aliphatic heterocycles. The highest BCUT2D eigenvalue weighted by Gasteiger charge is 2.04. The van der Waals surface area contributed by atoms with Gasteiger partial charge in [0, 0.05) is 6.20 Å². The van der Waals surface area contributed by atoms with E-state index in [1.807, 2.05) is 0 Å². The molecular formula is C9H9NO2. The Morgan fingerprint density at radius 1 is 1.67 bits per heavy atom. The van der Waals surface area contributed by atoms with Gasteiger partial charge >= 0.3 is 0 Å². The summed E-state index contributed by atoms with van der Waals surface area (Å²) in [5.74, 6) is -0.236. The Balaban J connectivity index is 3.36. The van der Waals surface area contributed by atoms with Gasteiger partial charge in [0.1, 0.15) is 0 Å². The number of carbonyl (C=O) groups excluding carboxylic acids is 1. The second-order valence-electron chi connectivity index (χ2n) is 2.44. The molecule has 3 heteroatoms. The van der Waals surface area contributed by atoms with Crippen LogP contribution in [0.25, 0.3) is 6.08 Å². The van der Waals surface area contributed by atoms with Gasteiger partial charge in [-0.3, -0.25) is 9.59 Å². The van der Waals surface area contributed by atoms with E-state index in [0.29, 0.717) is 0 Å².